The summed E-state index contributed by atoms with van der Waals surface area (Å²) < 4.78 is 13.0. The molecule has 2 aromatic rings. The summed E-state index contributed by atoms with van der Waals surface area (Å²) >= 11 is 1.73. The van der Waals surface area contributed by atoms with E-state index >= 15 is 0 Å². The van der Waals surface area contributed by atoms with E-state index in [9.17, 15) is 4.39 Å². The van der Waals surface area contributed by atoms with Gasteiger partial charge in [0.15, 0.2) is 5.96 Å². The zero-order chi connectivity index (χ0) is 21.9. The first-order chi connectivity index (χ1) is 15.2. The van der Waals surface area contributed by atoms with Gasteiger partial charge in [0.2, 0.25) is 0 Å². The number of thioether (sulfide) groups is 1. The molecule has 1 fully saturated rings. The van der Waals surface area contributed by atoms with Crippen LogP contribution in [0.2, 0.25) is 0 Å². The highest BCUT2D eigenvalue weighted by Crippen LogP contribution is 2.18. The highest BCUT2D eigenvalue weighted by Gasteiger charge is 2.16. The Morgan fingerprint density at radius 3 is 2.61 bits per heavy atom. The summed E-state index contributed by atoms with van der Waals surface area (Å²) in [6, 6.07) is 10.9. The Balaban J connectivity index is 1.37. The van der Waals surface area contributed by atoms with Gasteiger partial charge in [-0.15, -0.1) is 11.8 Å². The molecule has 0 amide bonds. The van der Waals surface area contributed by atoms with Crippen molar-refractivity contribution in [2.45, 2.75) is 24.8 Å². The van der Waals surface area contributed by atoms with Crippen molar-refractivity contribution >= 4 is 23.5 Å². The molecular formula is C23H33FN6S. The maximum absolute atomic E-state index is 13.0. The van der Waals surface area contributed by atoms with Crippen molar-refractivity contribution in [2.24, 2.45) is 4.99 Å². The van der Waals surface area contributed by atoms with Crippen LogP contribution in [-0.2, 0) is 6.54 Å². The van der Waals surface area contributed by atoms with Crippen LogP contribution >= 0.6 is 11.8 Å². The first-order valence-corrected chi connectivity index (χ1v) is 11.9. The molecular weight excluding hydrogens is 411 g/mol. The fourth-order valence-electron chi connectivity index (χ4n) is 3.44. The Hall–Kier alpha value is -2.32. The predicted molar refractivity (Wildman–Crippen MR) is 129 cm³/mol. The Bertz CT molecular complexity index is 821. The Morgan fingerprint density at radius 2 is 1.90 bits per heavy atom. The molecule has 3 rings (SSSR count). The second kappa shape index (κ2) is 12.5. The number of benzene rings is 1. The van der Waals surface area contributed by atoms with Gasteiger partial charge in [-0.05, 0) is 60.7 Å². The smallest absolute Gasteiger partial charge is 0.191 e. The first-order valence-electron chi connectivity index (χ1n) is 10.9. The van der Waals surface area contributed by atoms with Crippen molar-refractivity contribution in [1.82, 2.24) is 20.5 Å². The monoisotopic (exact) mass is 444 g/mol. The third kappa shape index (κ3) is 7.70. The van der Waals surface area contributed by atoms with Crippen LogP contribution < -0.4 is 15.5 Å². The molecule has 1 aromatic heterocycles. The normalized spacial score (nSPS) is 15.2. The van der Waals surface area contributed by atoms with Gasteiger partial charge < -0.3 is 20.4 Å². The van der Waals surface area contributed by atoms with Crippen molar-refractivity contribution < 1.29 is 4.39 Å². The average Bonchev–Trinajstić information content (AvgIpc) is 2.82. The number of aliphatic imine (C=N–C) groups is 1. The molecule has 2 N–H and O–H groups in total. The zero-order valence-electron chi connectivity index (χ0n) is 18.5. The molecule has 2 heterocycles. The second-order valence-corrected chi connectivity index (χ2v) is 8.62. The Kier molecular flexibility index (Phi) is 9.42. The number of likely N-dealkylation sites (N-methyl/N-ethyl adjacent to an activating group) is 1. The predicted octanol–water partition coefficient (Wildman–Crippen LogP) is 3.21. The molecule has 1 aliphatic heterocycles. The fraction of sp³-hybridized carbons (Fsp3) is 0.478. The van der Waals surface area contributed by atoms with E-state index in [1.54, 1.807) is 18.8 Å². The van der Waals surface area contributed by atoms with Crippen LogP contribution in [0.1, 0.15) is 18.9 Å². The van der Waals surface area contributed by atoms with Gasteiger partial charge in [0.05, 0.1) is 0 Å². The third-order valence-corrected chi connectivity index (χ3v) is 6.43. The van der Waals surface area contributed by atoms with E-state index in [1.165, 1.54) is 17.7 Å². The zero-order valence-corrected chi connectivity index (χ0v) is 19.3. The van der Waals surface area contributed by atoms with Crippen LogP contribution in [0.25, 0.3) is 0 Å². The van der Waals surface area contributed by atoms with Crippen LogP contribution in [0.5, 0.6) is 0 Å². The molecule has 0 bridgehead atoms. The molecule has 1 saturated heterocycles. The molecule has 8 heteroatoms. The molecule has 0 radical (unpaired) electrons. The lowest BCUT2D eigenvalue weighted by molar-refractivity contribution is 0.270. The minimum Gasteiger partial charge on any atom is -0.356 e. The number of guanidine groups is 1. The quantitative estimate of drug-likeness (QED) is 0.268. The lowest BCUT2D eigenvalue weighted by Gasteiger charge is -2.34. The molecule has 1 aromatic carbocycles. The number of hydrogen-bond donors (Lipinski definition) is 2. The molecule has 1 aliphatic rings. The number of hydrogen-bond acceptors (Lipinski definition) is 5. The highest BCUT2D eigenvalue weighted by atomic mass is 32.2. The maximum Gasteiger partial charge on any atom is 0.191 e. The van der Waals surface area contributed by atoms with Gasteiger partial charge in [-0.3, -0.25) is 4.99 Å². The second-order valence-electron chi connectivity index (χ2n) is 7.45. The van der Waals surface area contributed by atoms with Crippen molar-refractivity contribution in [1.29, 1.82) is 0 Å². The molecule has 0 spiro atoms. The van der Waals surface area contributed by atoms with E-state index in [2.05, 4.69) is 43.4 Å². The summed E-state index contributed by atoms with van der Waals surface area (Å²) in [6.07, 6.45) is 2.88. The van der Waals surface area contributed by atoms with Crippen molar-refractivity contribution in [2.75, 3.05) is 57.0 Å². The van der Waals surface area contributed by atoms with Gasteiger partial charge >= 0.3 is 0 Å². The van der Waals surface area contributed by atoms with Gasteiger partial charge in [0.1, 0.15) is 11.6 Å². The van der Waals surface area contributed by atoms with E-state index in [0.717, 1.165) is 68.1 Å². The van der Waals surface area contributed by atoms with E-state index in [4.69, 9.17) is 0 Å². The van der Waals surface area contributed by atoms with Crippen LogP contribution in [0.15, 0.2) is 52.5 Å². The van der Waals surface area contributed by atoms with E-state index in [0.29, 0.717) is 6.54 Å². The summed E-state index contributed by atoms with van der Waals surface area (Å²) in [5.41, 5.74) is 1.19. The van der Waals surface area contributed by atoms with E-state index < -0.39 is 0 Å². The molecule has 0 atom stereocenters. The van der Waals surface area contributed by atoms with Crippen LogP contribution in [-0.4, -0.2) is 67.9 Å². The number of pyridine rings is 1. The van der Waals surface area contributed by atoms with Gasteiger partial charge in [0, 0.05) is 57.4 Å². The molecule has 31 heavy (non-hydrogen) atoms. The minimum absolute atomic E-state index is 0.193. The highest BCUT2D eigenvalue weighted by molar-refractivity contribution is 7.99. The molecule has 0 unspecified atom stereocenters. The van der Waals surface area contributed by atoms with Gasteiger partial charge in [0.25, 0.3) is 0 Å². The van der Waals surface area contributed by atoms with Crippen LogP contribution in [0.3, 0.4) is 0 Å². The van der Waals surface area contributed by atoms with E-state index in [-0.39, 0.29) is 5.82 Å². The largest absolute Gasteiger partial charge is 0.356 e. The number of aromatic nitrogens is 1. The minimum atomic E-state index is -0.193. The number of nitrogens with one attached hydrogen (secondary N) is 2. The molecule has 168 valence electrons. The van der Waals surface area contributed by atoms with Crippen LogP contribution in [0.4, 0.5) is 10.2 Å². The number of piperazine rings is 1. The van der Waals surface area contributed by atoms with Gasteiger partial charge in [-0.25, -0.2) is 9.37 Å². The first kappa shape index (κ1) is 23.3. The SMILES string of the molecule is CCN1CCN(c2cc(CNC(=NC)NCCCSc3ccc(F)cc3)ccn2)CC1. The number of halogens is 1. The average molecular weight is 445 g/mol. The topological polar surface area (TPSA) is 55.8 Å². The van der Waals surface area contributed by atoms with Crippen molar-refractivity contribution in [3.05, 3.63) is 54.0 Å². The maximum atomic E-state index is 13.0. The van der Waals surface area contributed by atoms with Crippen molar-refractivity contribution in [3.8, 4) is 0 Å². The van der Waals surface area contributed by atoms with Gasteiger partial charge in [-0.2, -0.15) is 0 Å². The Labute approximate surface area is 189 Å². The standard InChI is InChI=1S/C23H33FN6S/c1-3-29-12-14-30(15-13-29)22-17-19(9-11-26-22)18-28-23(25-2)27-10-4-16-31-21-7-5-20(24)6-8-21/h5-9,11,17H,3-4,10,12-16,18H2,1-2H3,(H2,25,27,28). The molecule has 6 nitrogen and oxygen atoms in total. The Morgan fingerprint density at radius 1 is 1.13 bits per heavy atom. The molecule has 0 aliphatic carbocycles. The number of anilines is 1. The lowest BCUT2D eigenvalue weighted by Crippen LogP contribution is -2.46. The number of nitrogens with zero attached hydrogens (tertiary/aromatic N) is 4. The summed E-state index contributed by atoms with van der Waals surface area (Å²) in [4.78, 5) is 14.8. The summed E-state index contributed by atoms with van der Waals surface area (Å²) in [5.74, 6) is 2.62. The third-order valence-electron chi connectivity index (χ3n) is 5.33. The fourth-order valence-corrected chi connectivity index (χ4v) is 4.30. The lowest BCUT2D eigenvalue weighted by atomic mass is 10.2. The van der Waals surface area contributed by atoms with Crippen molar-refractivity contribution in [3.63, 3.8) is 0 Å². The number of rotatable bonds is 9. The molecule has 0 saturated carbocycles. The summed E-state index contributed by atoms with van der Waals surface area (Å²) in [6.45, 7) is 9.10. The summed E-state index contributed by atoms with van der Waals surface area (Å²) in [7, 11) is 1.79. The van der Waals surface area contributed by atoms with Crippen LogP contribution in [0, 0.1) is 5.82 Å². The summed E-state index contributed by atoms with van der Waals surface area (Å²) in [5, 5.41) is 6.74. The van der Waals surface area contributed by atoms with Gasteiger partial charge in [-0.1, -0.05) is 6.92 Å². The van der Waals surface area contributed by atoms with E-state index in [1.807, 2.05) is 24.4 Å².